The average Bonchev–Trinajstić information content (AvgIpc) is 2.36. The molecule has 4 heteroatoms. The van der Waals surface area contributed by atoms with Crippen molar-refractivity contribution in [2.24, 2.45) is 0 Å². The summed E-state index contributed by atoms with van der Waals surface area (Å²) in [6.45, 7) is 3.01. The van der Waals surface area contributed by atoms with Gasteiger partial charge < -0.3 is 4.52 Å². The molecule has 2 nitrogen and oxygen atoms in total. The molecule has 62 valence electrons. The van der Waals surface area contributed by atoms with E-state index in [2.05, 4.69) is 9.68 Å². The SMILES string of the molecule is CCC(F)(F)c1cc(C)no1. The highest BCUT2D eigenvalue weighted by Crippen LogP contribution is 2.31. The fourth-order valence-electron chi connectivity index (χ4n) is 0.710. The van der Waals surface area contributed by atoms with Gasteiger partial charge in [0.15, 0.2) is 0 Å². The van der Waals surface area contributed by atoms with Gasteiger partial charge in [-0.05, 0) is 6.92 Å². The molecule has 0 N–H and O–H groups in total. The van der Waals surface area contributed by atoms with Crippen molar-refractivity contribution in [1.82, 2.24) is 5.16 Å². The van der Waals surface area contributed by atoms with Crippen LogP contribution in [0.4, 0.5) is 8.78 Å². The Kier molecular flexibility index (Phi) is 1.93. The number of hydrogen-bond acceptors (Lipinski definition) is 2. The molecule has 1 aromatic heterocycles. The van der Waals surface area contributed by atoms with Crippen molar-refractivity contribution >= 4 is 0 Å². The van der Waals surface area contributed by atoms with E-state index in [9.17, 15) is 8.78 Å². The summed E-state index contributed by atoms with van der Waals surface area (Å²) >= 11 is 0. The van der Waals surface area contributed by atoms with Crippen LogP contribution in [0.1, 0.15) is 24.8 Å². The molecule has 0 aliphatic carbocycles. The van der Waals surface area contributed by atoms with Crippen LogP contribution in [-0.4, -0.2) is 5.16 Å². The van der Waals surface area contributed by atoms with E-state index < -0.39 is 5.92 Å². The van der Waals surface area contributed by atoms with Crippen LogP contribution in [-0.2, 0) is 5.92 Å². The Morgan fingerprint density at radius 3 is 2.64 bits per heavy atom. The molecule has 11 heavy (non-hydrogen) atoms. The van der Waals surface area contributed by atoms with Crippen LogP contribution in [0.15, 0.2) is 10.6 Å². The maximum atomic E-state index is 12.8. The van der Waals surface area contributed by atoms with Crippen LogP contribution >= 0.6 is 0 Å². The van der Waals surface area contributed by atoms with Crippen LogP contribution in [0.5, 0.6) is 0 Å². The molecule has 0 bridgehead atoms. The lowest BCUT2D eigenvalue weighted by Gasteiger charge is -2.07. The molecule has 0 atom stereocenters. The summed E-state index contributed by atoms with van der Waals surface area (Å²) in [5.41, 5.74) is 0.480. The zero-order valence-corrected chi connectivity index (χ0v) is 6.40. The fraction of sp³-hybridized carbons (Fsp3) is 0.571. The molecular weight excluding hydrogens is 152 g/mol. The van der Waals surface area contributed by atoms with Gasteiger partial charge in [-0.1, -0.05) is 12.1 Å². The van der Waals surface area contributed by atoms with E-state index in [1.165, 1.54) is 13.0 Å². The van der Waals surface area contributed by atoms with Gasteiger partial charge in [0.2, 0.25) is 5.76 Å². The van der Waals surface area contributed by atoms with Crippen molar-refractivity contribution in [3.05, 3.63) is 17.5 Å². The van der Waals surface area contributed by atoms with Crippen molar-refractivity contribution < 1.29 is 13.3 Å². The number of nitrogens with zero attached hydrogens (tertiary/aromatic N) is 1. The molecule has 0 saturated heterocycles. The first kappa shape index (κ1) is 8.17. The summed E-state index contributed by atoms with van der Waals surface area (Å²) in [5.74, 6) is -3.22. The van der Waals surface area contributed by atoms with Crippen molar-refractivity contribution in [2.45, 2.75) is 26.2 Å². The lowest BCUT2D eigenvalue weighted by molar-refractivity contribution is -0.0340. The predicted octanol–water partition coefficient (Wildman–Crippen LogP) is 2.48. The van der Waals surface area contributed by atoms with E-state index in [-0.39, 0.29) is 12.2 Å². The van der Waals surface area contributed by atoms with Gasteiger partial charge in [-0.2, -0.15) is 8.78 Å². The molecule has 0 aromatic carbocycles. The molecule has 0 radical (unpaired) electrons. The second-order valence-corrected chi connectivity index (χ2v) is 2.39. The maximum Gasteiger partial charge on any atom is 0.307 e. The van der Waals surface area contributed by atoms with Gasteiger partial charge in [-0.15, -0.1) is 0 Å². The van der Waals surface area contributed by atoms with E-state index >= 15 is 0 Å². The summed E-state index contributed by atoms with van der Waals surface area (Å²) in [5, 5.41) is 3.38. The Hall–Kier alpha value is -0.930. The van der Waals surface area contributed by atoms with E-state index in [0.717, 1.165) is 0 Å². The zero-order chi connectivity index (χ0) is 8.48. The van der Waals surface area contributed by atoms with Crippen LogP contribution < -0.4 is 0 Å². The number of aromatic nitrogens is 1. The average molecular weight is 161 g/mol. The summed E-state index contributed by atoms with van der Waals surface area (Å²) in [7, 11) is 0. The monoisotopic (exact) mass is 161 g/mol. The van der Waals surface area contributed by atoms with E-state index in [4.69, 9.17) is 0 Å². The Morgan fingerprint density at radius 2 is 2.27 bits per heavy atom. The lowest BCUT2D eigenvalue weighted by Crippen LogP contribution is -2.09. The fourth-order valence-corrected chi connectivity index (χ4v) is 0.710. The van der Waals surface area contributed by atoms with Gasteiger partial charge in [0.05, 0.1) is 5.69 Å². The molecule has 0 unspecified atom stereocenters. The second-order valence-electron chi connectivity index (χ2n) is 2.39. The normalized spacial score (nSPS) is 12.0. The maximum absolute atomic E-state index is 12.8. The molecule has 0 aliphatic rings. The molecular formula is C7H9F2NO. The second kappa shape index (κ2) is 2.60. The molecule has 1 heterocycles. The van der Waals surface area contributed by atoms with Crippen LogP contribution in [0, 0.1) is 6.92 Å². The van der Waals surface area contributed by atoms with Gasteiger partial charge in [0, 0.05) is 12.5 Å². The number of halogens is 2. The summed E-state index contributed by atoms with van der Waals surface area (Å²) in [6, 6.07) is 1.25. The largest absolute Gasteiger partial charge is 0.355 e. The minimum Gasteiger partial charge on any atom is -0.355 e. The van der Waals surface area contributed by atoms with Crippen molar-refractivity contribution in [2.75, 3.05) is 0 Å². The minimum absolute atomic E-state index is 0.262. The molecule has 1 aromatic rings. The molecule has 0 amide bonds. The topological polar surface area (TPSA) is 26.0 Å². The van der Waals surface area contributed by atoms with Gasteiger partial charge in [0.1, 0.15) is 0 Å². The molecule has 0 fully saturated rings. The third-order valence-electron chi connectivity index (χ3n) is 1.43. The van der Waals surface area contributed by atoms with Crippen molar-refractivity contribution in [3.63, 3.8) is 0 Å². The van der Waals surface area contributed by atoms with Crippen LogP contribution in [0.2, 0.25) is 0 Å². The molecule has 1 rings (SSSR count). The Bertz CT molecular complexity index is 244. The van der Waals surface area contributed by atoms with Gasteiger partial charge >= 0.3 is 5.92 Å². The van der Waals surface area contributed by atoms with E-state index in [1.807, 2.05) is 0 Å². The quantitative estimate of drug-likeness (QED) is 0.666. The van der Waals surface area contributed by atoms with E-state index in [0.29, 0.717) is 5.69 Å². The highest BCUT2D eigenvalue weighted by atomic mass is 19.3. The summed E-state index contributed by atoms with van der Waals surface area (Å²) in [4.78, 5) is 0. The Balaban J connectivity index is 2.92. The zero-order valence-electron chi connectivity index (χ0n) is 6.40. The first-order valence-corrected chi connectivity index (χ1v) is 3.38. The van der Waals surface area contributed by atoms with Gasteiger partial charge in [-0.25, -0.2) is 0 Å². The number of aryl methyl sites for hydroxylation is 1. The highest BCUT2D eigenvalue weighted by molar-refractivity contribution is 5.08. The number of hydrogen-bond donors (Lipinski definition) is 0. The third kappa shape index (κ3) is 1.56. The minimum atomic E-state index is -2.87. The lowest BCUT2D eigenvalue weighted by atomic mass is 10.2. The standard InChI is InChI=1S/C7H9F2NO/c1-3-7(8,9)6-4-5(2)10-11-6/h4H,3H2,1-2H3. The third-order valence-corrected chi connectivity index (χ3v) is 1.43. The number of alkyl halides is 2. The predicted molar refractivity (Wildman–Crippen MR) is 35.4 cm³/mol. The smallest absolute Gasteiger partial charge is 0.307 e. The first-order chi connectivity index (χ1) is 5.06. The van der Waals surface area contributed by atoms with E-state index in [1.54, 1.807) is 6.92 Å². The molecule has 0 saturated carbocycles. The van der Waals surface area contributed by atoms with Crippen LogP contribution in [0.25, 0.3) is 0 Å². The summed E-state index contributed by atoms with van der Waals surface area (Å²) < 4.78 is 29.9. The van der Waals surface area contributed by atoms with Gasteiger partial charge in [0.25, 0.3) is 0 Å². The first-order valence-electron chi connectivity index (χ1n) is 3.38. The van der Waals surface area contributed by atoms with Crippen molar-refractivity contribution in [3.8, 4) is 0 Å². The van der Waals surface area contributed by atoms with Gasteiger partial charge in [-0.3, -0.25) is 0 Å². The Morgan fingerprint density at radius 1 is 1.64 bits per heavy atom. The number of rotatable bonds is 2. The summed E-state index contributed by atoms with van der Waals surface area (Å²) in [6.07, 6.45) is -0.262. The molecule has 0 spiro atoms. The van der Waals surface area contributed by atoms with Crippen LogP contribution in [0.3, 0.4) is 0 Å². The Labute approximate surface area is 63.2 Å². The molecule has 0 aliphatic heterocycles. The highest BCUT2D eigenvalue weighted by Gasteiger charge is 2.33. The van der Waals surface area contributed by atoms with Crippen molar-refractivity contribution in [1.29, 1.82) is 0 Å².